The molecule has 0 saturated carbocycles. The SMILES string of the molecule is COCCNC(=O)CCC1CCN(C(=O)Nc2ccccc2SC)CC1. The molecule has 0 radical (unpaired) electrons. The Morgan fingerprint density at radius 1 is 1.27 bits per heavy atom. The highest BCUT2D eigenvalue weighted by Gasteiger charge is 2.23. The number of carbonyl (C=O) groups is 2. The number of methoxy groups -OCH3 is 1. The number of nitrogens with one attached hydrogen (secondary N) is 2. The smallest absolute Gasteiger partial charge is 0.321 e. The number of likely N-dealkylation sites (tertiary alicyclic amines) is 1. The highest BCUT2D eigenvalue weighted by Crippen LogP contribution is 2.26. The van der Waals surface area contributed by atoms with E-state index in [4.69, 9.17) is 4.74 Å². The first kappa shape index (κ1) is 20.6. The molecular weight excluding hydrogens is 350 g/mol. The zero-order valence-corrected chi connectivity index (χ0v) is 16.4. The summed E-state index contributed by atoms with van der Waals surface area (Å²) in [6, 6.07) is 7.79. The van der Waals surface area contributed by atoms with Crippen LogP contribution in [0.5, 0.6) is 0 Å². The summed E-state index contributed by atoms with van der Waals surface area (Å²) in [5.74, 6) is 0.585. The fraction of sp³-hybridized carbons (Fsp3) is 0.579. The van der Waals surface area contributed by atoms with Crippen LogP contribution >= 0.6 is 11.8 Å². The summed E-state index contributed by atoms with van der Waals surface area (Å²) in [4.78, 5) is 27.2. The molecule has 3 amide bonds. The summed E-state index contributed by atoms with van der Waals surface area (Å²) < 4.78 is 4.92. The third-order valence-electron chi connectivity index (χ3n) is 4.66. The molecule has 2 rings (SSSR count). The van der Waals surface area contributed by atoms with Crippen molar-refractivity contribution in [3.63, 3.8) is 0 Å². The first-order chi connectivity index (χ1) is 12.6. The average molecular weight is 380 g/mol. The zero-order valence-electron chi connectivity index (χ0n) is 15.6. The lowest BCUT2D eigenvalue weighted by Gasteiger charge is -2.32. The van der Waals surface area contributed by atoms with Gasteiger partial charge in [-0.2, -0.15) is 0 Å². The predicted molar refractivity (Wildman–Crippen MR) is 106 cm³/mol. The van der Waals surface area contributed by atoms with Crippen LogP contribution in [0.15, 0.2) is 29.2 Å². The quantitative estimate of drug-likeness (QED) is 0.537. The topological polar surface area (TPSA) is 70.7 Å². The molecule has 0 unspecified atom stereocenters. The lowest BCUT2D eigenvalue weighted by atomic mass is 9.92. The molecule has 26 heavy (non-hydrogen) atoms. The van der Waals surface area contributed by atoms with Gasteiger partial charge in [0, 0.05) is 38.1 Å². The van der Waals surface area contributed by atoms with E-state index in [1.807, 2.05) is 35.4 Å². The number of nitrogens with zero attached hydrogens (tertiary/aromatic N) is 1. The Labute approximate surface area is 160 Å². The standard InChI is InChI=1S/C19H29N3O3S/c1-25-14-11-20-18(23)8-7-15-9-12-22(13-10-15)19(24)21-16-5-3-4-6-17(16)26-2/h3-6,15H,7-14H2,1-2H3,(H,20,23)(H,21,24). The number of carbonyl (C=O) groups excluding carboxylic acids is 2. The van der Waals surface area contributed by atoms with Crippen molar-refractivity contribution >= 4 is 29.4 Å². The van der Waals surface area contributed by atoms with Crippen LogP contribution in [0.4, 0.5) is 10.5 Å². The first-order valence-electron chi connectivity index (χ1n) is 9.08. The Morgan fingerprint density at radius 2 is 2.00 bits per heavy atom. The number of rotatable bonds is 8. The molecule has 1 heterocycles. The Kier molecular flexibility index (Phi) is 8.77. The highest BCUT2D eigenvalue weighted by atomic mass is 32.2. The first-order valence-corrected chi connectivity index (χ1v) is 10.3. The number of urea groups is 1. The van der Waals surface area contributed by atoms with Gasteiger partial charge < -0.3 is 20.3 Å². The second-order valence-electron chi connectivity index (χ2n) is 6.44. The molecule has 1 aromatic carbocycles. The van der Waals surface area contributed by atoms with Crippen LogP contribution in [0.25, 0.3) is 0 Å². The van der Waals surface area contributed by atoms with Crippen molar-refractivity contribution < 1.29 is 14.3 Å². The molecule has 7 heteroatoms. The van der Waals surface area contributed by atoms with Gasteiger partial charge in [-0.1, -0.05) is 12.1 Å². The van der Waals surface area contributed by atoms with E-state index in [1.165, 1.54) is 0 Å². The Bertz CT molecular complexity index is 589. The lowest BCUT2D eigenvalue weighted by molar-refractivity contribution is -0.121. The Balaban J connectivity index is 1.70. The number of para-hydroxylation sites is 1. The molecule has 0 aromatic heterocycles. The van der Waals surface area contributed by atoms with Crippen LogP contribution in [0.3, 0.4) is 0 Å². The highest BCUT2D eigenvalue weighted by molar-refractivity contribution is 7.98. The average Bonchev–Trinajstić information content (AvgIpc) is 2.67. The fourth-order valence-electron chi connectivity index (χ4n) is 3.08. The second-order valence-corrected chi connectivity index (χ2v) is 7.29. The van der Waals surface area contributed by atoms with Gasteiger partial charge in [-0.3, -0.25) is 4.79 Å². The number of thioether (sulfide) groups is 1. The van der Waals surface area contributed by atoms with E-state index in [0.29, 0.717) is 25.5 Å². The van der Waals surface area contributed by atoms with E-state index in [2.05, 4.69) is 10.6 Å². The molecule has 144 valence electrons. The molecule has 0 bridgehead atoms. The van der Waals surface area contributed by atoms with E-state index in [-0.39, 0.29) is 11.9 Å². The predicted octanol–water partition coefficient (Wildman–Crippen LogP) is 3.20. The van der Waals surface area contributed by atoms with Crippen molar-refractivity contribution in [3.8, 4) is 0 Å². The summed E-state index contributed by atoms with van der Waals surface area (Å²) in [5, 5.41) is 5.86. The maximum Gasteiger partial charge on any atom is 0.321 e. The van der Waals surface area contributed by atoms with Crippen LogP contribution in [0.2, 0.25) is 0 Å². The van der Waals surface area contributed by atoms with Gasteiger partial charge in [0.25, 0.3) is 0 Å². The molecule has 1 saturated heterocycles. The Morgan fingerprint density at radius 3 is 2.69 bits per heavy atom. The maximum atomic E-state index is 12.5. The molecule has 1 fully saturated rings. The zero-order chi connectivity index (χ0) is 18.8. The van der Waals surface area contributed by atoms with Gasteiger partial charge in [-0.15, -0.1) is 11.8 Å². The van der Waals surface area contributed by atoms with E-state index < -0.39 is 0 Å². The minimum atomic E-state index is -0.0396. The van der Waals surface area contributed by atoms with E-state index in [1.54, 1.807) is 18.9 Å². The van der Waals surface area contributed by atoms with E-state index in [9.17, 15) is 9.59 Å². The van der Waals surface area contributed by atoms with Gasteiger partial charge in [0.2, 0.25) is 5.91 Å². The van der Waals surface area contributed by atoms with E-state index >= 15 is 0 Å². The molecule has 0 spiro atoms. The summed E-state index contributed by atoms with van der Waals surface area (Å²) in [7, 11) is 1.62. The lowest BCUT2D eigenvalue weighted by Crippen LogP contribution is -2.41. The van der Waals surface area contributed by atoms with Gasteiger partial charge in [0.05, 0.1) is 12.3 Å². The van der Waals surface area contributed by atoms with Crippen molar-refractivity contribution in [2.45, 2.75) is 30.6 Å². The van der Waals surface area contributed by atoms with Crippen LogP contribution in [-0.2, 0) is 9.53 Å². The number of anilines is 1. The van der Waals surface area contributed by atoms with Crippen molar-refractivity contribution in [1.82, 2.24) is 10.2 Å². The fourth-order valence-corrected chi connectivity index (χ4v) is 3.64. The molecule has 0 aliphatic carbocycles. The third-order valence-corrected chi connectivity index (χ3v) is 5.45. The Hall–Kier alpha value is -1.73. The minimum absolute atomic E-state index is 0.0396. The molecule has 1 aliphatic rings. The normalized spacial score (nSPS) is 14.9. The monoisotopic (exact) mass is 379 g/mol. The van der Waals surface area contributed by atoms with Crippen molar-refractivity contribution in [2.24, 2.45) is 5.92 Å². The van der Waals surface area contributed by atoms with Crippen molar-refractivity contribution in [2.75, 3.05) is 44.9 Å². The van der Waals surface area contributed by atoms with Crippen LogP contribution in [0.1, 0.15) is 25.7 Å². The van der Waals surface area contributed by atoms with E-state index in [0.717, 1.165) is 42.9 Å². The number of hydrogen-bond acceptors (Lipinski definition) is 4. The largest absolute Gasteiger partial charge is 0.383 e. The van der Waals surface area contributed by atoms with Crippen LogP contribution in [-0.4, -0.2) is 56.4 Å². The van der Waals surface area contributed by atoms with Crippen molar-refractivity contribution in [1.29, 1.82) is 0 Å². The molecular formula is C19H29N3O3S. The summed E-state index contributed by atoms with van der Waals surface area (Å²) >= 11 is 1.62. The van der Waals surface area contributed by atoms with Gasteiger partial charge >= 0.3 is 6.03 Å². The second kappa shape index (κ2) is 11.1. The van der Waals surface area contributed by atoms with Gasteiger partial charge in [-0.05, 0) is 43.6 Å². The molecule has 0 atom stereocenters. The number of amides is 3. The number of ether oxygens (including phenoxy) is 1. The molecule has 1 aromatic rings. The number of piperidine rings is 1. The third kappa shape index (κ3) is 6.53. The molecule has 2 N–H and O–H groups in total. The van der Waals surface area contributed by atoms with Crippen LogP contribution < -0.4 is 10.6 Å². The summed E-state index contributed by atoms with van der Waals surface area (Å²) in [6.07, 6.45) is 5.32. The van der Waals surface area contributed by atoms with Gasteiger partial charge in [-0.25, -0.2) is 4.79 Å². The summed E-state index contributed by atoms with van der Waals surface area (Å²) in [6.45, 7) is 2.58. The molecule has 1 aliphatic heterocycles. The van der Waals surface area contributed by atoms with Gasteiger partial charge in [0.1, 0.15) is 0 Å². The number of benzene rings is 1. The minimum Gasteiger partial charge on any atom is -0.383 e. The van der Waals surface area contributed by atoms with Crippen molar-refractivity contribution in [3.05, 3.63) is 24.3 Å². The van der Waals surface area contributed by atoms with Crippen LogP contribution in [0, 0.1) is 5.92 Å². The maximum absolute atomic E-state index is 12.5. The van der Waals surface area contributed by atoms with Gasteiger partial charge in [0.15, 0.2) is 0 Å². The summed E-state index contributed by atoms with van der Waals surface area (Å²) in [5.41, 5.74) is 0.861. The number of hydrogen-bond donors (Lipinski definition) is 2. The molecule has 6 nitrogen and oxygen atoms in total.